The number of aryl methyl sites for hydroxylation is 1. The summed E-state index contributed by atoms with van der Waals surface area (Å²) in [4.78, 5) is 2.48. The Morgan fingerprint density at radius 3 is 2.71 bits per heavy atom. The van der Waals surface area contributed by atoms with Crippen LogP contribution in [0.5, 0.6) is 5.75 Å². The zero-order valence-corrected chi connectivity index (χ0v) is 10.6. The summed E-state index contributed by atoms with van der Waals surface area (Å²) in [5.74, 6) is 0.955. The van der Waals surface area contributed by atoms with Crippen molar-refractivity contribution in [2.75, 3.05) is 32.0 Å². The van der Waals surface area contributed by atoms with Gasteiger partial charge in [0, 0.05) is 12.2 Å². The van der Waals surface area contributed by atoms with Crippen LogP contribution in [0.3, 0.4) is 0 Å². The Morgan fingerprint density at radius 2 is 2.00 bits per heavy atom. The van der Waals surface area contributed by atoms with Crippen LogP contribution in [-0.4, -0.2) is 31.1 Å². The largest absolute Gasteiger partial charge is 0.492 e. The van der Waals surface area contributed by atoms with E-state index in [2.05, 4.69) is 4.90 Å². The number of rotatable bonds is 4. The second-order valence-electron chi connectivity index (χ2n) is 4.78. The highest BCUT2D eigenvalue weighted by molar-refractivity contribution is 5.47. The summed E-state index contributed by atoms with van der Waals surface area (Å²) in [6, 6.07) is 5.81. The molecule has 1 fully saturated rings. The fraction of sp³-hybridized carbons (Fsp3) is 0.571. The van der Waals surface area contributed by atoms with E-state index in [0.29, 0.717) is 0 Å². The van der Waals surface area contributed by atoms with E-state index in [9.17, 15) is 0 Å². The maximum absolute atomic E-state index is 5.80. The summed E-state index contributed by atoms with van der Waals surface area (Å²) in [6.45, 7) is 6.29. The summed E-state index contributed by atoms with van der Waals surface area (Å²) in [5, 5.41) is 0. The van der Waals surface area contributed by atoms with Crippen LogP contribution in [0.25, 0.3) is 0 Å². The van der Waals surface area contributed by atoms with Gasteiger partial charge in [0.1, 0.15) is 12.4 Å². The van der Waals surface area contributed by atoms with Gasteiger partial charge in [0.15, 0.2) is 0 Å². The minimum absolute atomic E-state index is 0.769. The Bertz CT molecular complexity index is 359. The fourth-order valence-corrected chi connectivity index (χ4v) is 2.30. The number of hydrogen-bond acceptors (Lipinski definition) is 3. The van der Waals surface area contributed by atoms with Gasteiger partial charge in [-0.2, -0.15) is 0 Å². The number of likely N-dealkylation sites (tertiary alicyclic amines) is 1. The van der Waals surface area contributed by atoms with Crippen LogP contribution >= 0.6 is 0 Å². The molecule has 0 aliphatic carbocycles. The zero-order chi connectivity index (χ0) is 12.1. The molecule has 17 heavy (non-hydrogen) atoms. The van der Waals surface area contributed by atoms with Gasteiger partial charge >= 0.3 is 0 Å². The van der Waals surface area contributed by atoms with Crippen LogP contribution < -0.4 is 10.5 Å². The molecule has 3 nitrogen and oxygen atoms in total. The molecule has 3 heteroatoms. The first-order chi connectivity index (χ1) is 8.25. The molecule has 1 aromatic carbocycles. The number of nitrogens with zero attached hydrogens (tertiary/aromatic N) is 1. The molecular weight excluding hydrogens is 212 g/mol. The van der Waals surface area contributed by atoms with Gasteiger partial charge in [0.05, 0.1) is 0 Å². The maximum Gasteiger partial charge on any atom is 0.122 e. The van der Waals surface area contributed by atoms with E-state index in [1.54, 1.807) is 0 Å². The number of benzene rings is 1. The van der Waals surface area contributed by atoms with E-state index >= 15 is 0 Å². The second kappa shape index (κ2) is 5.92. The van der Waals surface area contributed by atoms with Gasteiger partial charge in [0.2, 0.25) is 0 Å². The molecule has 1 aromatic rings. The van der Waals surface area contributed by atoms with Crippen molar-refractivity contribution in [3.63, 3.8) is 0 Å². The van der Waals surface area contributed by atoms with E-state index in [1.165, 1.54) is 32.4 Å². The third-order valence-electron chi connectivity index (χ3n) is 3.31. The van der Waals surface area contributed by atoms with Crippen molar-refractivity contribution in [2.45, 2.75) is 26.2 Å². The molecule has 2 N–H and O–H groups in total. The van der Waals surface area contributed by atoms with Crippen LogP contribution in [0.4, 0.5) is 5.69 Å². The predicted octanol–water partition coefficient (Wildman–Crippen LogP) is 2.44. The summed E-state index contributed by atoms with van der Waals surface area (Å²) in [6.07, 6.45) is 4.05. The van der Waals surface area contributed by atoms with Crippen molar-refractivity contribution >= 4 is 5.69 Å². The number of nitrogen functional groups attached to an aromatic ring is 1. The van der Waals surface area contributed by atoms with Gasteiger partial charge in [0.25, 0.3) is 0 Å². The SMILES string of the molecule is Cc1cc(N)ccc1OCCN1CCCCC1. The van der Waals surface area contributed by atoms with E-state index in [1.807, 2.05) is 25.1 Å². The van der Waals surface area contributed by atoms with E-state index in [-0.39, 0.29) is 0 Å². The number of nitrogens with two attached hydrogens (primary N) is 1. The first kappa shape index (κ1) is 12.2. The molecule has 0 atom stereocenters. The van der Waals surface area contributed by atoms with Gasteiger partial charge in [-0.25, -0.2) is 0 Å². The predicted molar refractivity (Wildman–Crippen MR) is 71.4 cm³/mol. The molecule has 0 amide bonds. The van der Waals surface area contributed by atoms with Crippen LogP contribution in [0.15, 0.2) is 18.2 Å². The first-order valence-corrected chi connectivity index (χ1v) is 6.47. The van der Waals surface area contributed by atoms with Crippen molar-refractivity contribution in [1.82, 2.24) is 4.90 Å². The average molecular weight is 234 g/mol. The Balaban J connectivity index is 1.77. The fourth-order valence-electron chi connectivity index (χ4n) is 2.30. The molecule has 0 aromatic heterocycles. The van der Waals surface area contributed by atoms with Gasteiger partial charge < -0.3 is 10.5 Å². The van der Waals surface area contributed by atoms with Crippen molar-refractivity contribution in [2.24, 2.45) is 0 Å². The Kier molecular flexibility index (Phi) is 4.26. The molecule has 0 saturated carbocycles. The number of ether oxygens (including phenoxy) is 1. The van der Waals surface area contributed by atoms with Gasteiger partial charge in [-0.15, -0.1) is 0 Å². The van der Waals surface area contributed by atoms with Crippen molar-refractivity contribution in [1.29, 1.82) is 0 Å². The molecule has 0 spiro atoms. The van der Waals surface area contributed by atoms with Crippen molar-refractivity contribution in [3.8, 4) is 5.75 Å². The molecule has 94 valence electrons. The van der Waals surface area contributed by atoms with Gasteiger partial charge in [-0.3, -0.25) is 4.90 Å². The Morgan fingerprint density at radius 1 is 1.24 bits per heavy atom. The third kappa shape index (κ3) is 3.63. The second-order valence-corrected chi connectivity index (χ2v) is 4.78. The lowest BCUT2D eigenvalue weighted by molar-refractivity contribution is 0.183. The van der Waals surface area contributed by atoms with Crippen LogP contribution in [0.1, 0.15) is 24.8 Å². The summed E-state index contributed by atoms with van der Waals surface area (Å²) in [7, 11) is 0. The number of anilines is 1. The maximum atomic E-state index is 5.80. The van der Waals surface area contributed by atoms with Crippen LogP contribution in [0, 0.1) is 6.92 Å². The normalized spacial score (nSPS) is 17.0. The molecule has 0 unspecified atom stereocenters. The molecule has 0 radical (unpaired) electrons. The van der Waals surface area contributed by atoms with Gasteiger partial charge in [-0.05, 0) is 56.6 Å². The number of piperidine rings is 1. The average Bonchev–Trinajstić information content (AvgIpc) is 2.33. The molecular formula is C14H22N2O. The molecule has 1 heterocycles. The first-order valence-electron chi connectivity index (χ1n) is 6.47. The van der Waals surface area contributed by atoms with E-state index in [4.69, 9.17) is 10.5 Å². The summed E-state index contributed by atoms with van der Waals surface area (Å²) < 4.78 is 5.80. The lowest BCUT2D eigenvalue weighted by Crippen LogP contribution is -2.33. The smallest absolute Gasteiger partial charge is 0.122 e. The minimum Gasteiger partial charge on any atom is -0.492 e. The Hall–Kier alpha value is -1.22. The zero-order valence-electron chi connectivity index (χ0n) is 10.6. The van der Waals surface area contributed by atoms with Gasteiger partial charge in [-0.1, -0.05) is 6.42 Å². The third-order valence-corrected chi connectivity index (χ3v) is 3.31. The highest BCUT2D eigenvalue weighted by Gasteiger charge is 2.09. The summed E-state index contributed by atoms with van der Waals surface area (Å²) in [5.41, 5.74) is 7.62. The molecule has 0 bridgehead atoms. The van der Waals surface area contributed by atoms with E-state index < -0.39 is 0 Å². The number of hydrogen-bond donors (Lipinski definition) is 1. The van der Waals surface area contributed by atoms with E-state index in [0.717, 1.165) is 30.2 Å². The standard InChI is InChI=1S/C14H22N2O/c1-12-11-13(15)5-6-14(12)17-10-9-16-7-3-2-4-8-16/h5-6,11H,2-4,7-10,15H2,1H3. The van der Waals surface area contributed by atoms with Crippen LogP contribution in [-0.2, 0) is 0 Å². The molecule has 2 rings (SSSR count). The van der Waals surface area contributed by atoms with Crippen molar-refractivity contribution in [3.05, 3.63) is 23.8 Å². The quantitative estimate of drug-likeness (QED) is 0.813. The molecule has 1 saturated heterocycles. The van der Waals surface area contributed by atoms with Crippen LogP contribution in [0.2, 0.25) is 0 Å². The lowest BCUT2D eigenvalue weighted by atomic mass is 10.1. The Labute approximate surface area is 104 Å². The molecule has 1 aliphatic heterocycles. The highest BCUT2D eigenvalue weighted by Crippen LogP contribution is 2.20. The van der Waals surface area contributed by atoms with Crippen molar-refractivity contribution < 1.29 is 4.74 Å². The highest BCUT2D eigenvalue weighted by atomic mass is 16.5. The monoisotopic (exact) mass is 234 g/mol. The minimum atomic E-state index is 0.769. The summed E-state index contributed by atoms with van der Waals surface area (Å²) >= 11 is 0. The topological polar surface area (TPSA) is 38.5 Å². The molecule has 1 aliphatic rings. The lowest BCUT2D eigenvalue weighted by Gasteiger charge is -2.26.